The topological polar surface area (TPSA) is 170 Å². The van der Waals surface area contributed by atoms with Crippen molar-refractivity contribution < 1.29 is 44.5 Å². The summed E-state index contributed by atoms with van der Waals surface area (Å²) in [7, 11) is 0. The monoisotopic (exact) mass is 432 g/mol. The van der Waals surface area contributed by atoms with Gasteiger partial charge in [0.2, 0.25) is 17.5 Å². The van der Waals surface area contributed by atoms with Gasteiger partial charge in [0.15, 0.2) is 12.1 Å². The van der Waals surface area contributed by atoms with Crippen LogP contribution in [0.5, 0.6) is 23.0 Å². The van der Waals surface area contributed by atoms with E-state index in [1.165, 1.54) is 37.3 Å². The van der Waals surface area contributed by atoms with Crippen molar-refractivity contribution in [3.63, 3.8) is 0 Å². The molecular formula is C21H20O10. The number of hydrogen-bond acceptors (Lipinski definition) is 10. The Balaban J connectivity index is 1.76. The van der Waals surface area contributed by atoms with E-state index >= 15 is 0 Å². The fourth-order valence-electron chi connectivity index (χ4n) is 3.38. The third-order valence-corrected chi connectivity index (χ3v) is 5.23. The van der Waals surface area contributed by atoms with Crippen molar-refractivity contribution in [1.29, 1.82) is 0 Å². The van der Waals surface area contributed by atoms with E-state index < -0.39 is 47.6 Å². The van der Waals surface area contributed by atoms with Crippen LogP contribution in [-0.2, 0) is 4.74 Å². The van der Waals surface area contributed by atoms with E-state index in [0.29, 0.717) is 5.56 Å². The quantitative estimate of drug-likeness (QED) is 0.351. The molecule has 0 spiro atoms. The third kappa shape index (κ3) is 3.66. The van der Waals surface area contributed by atoms with Crippen LogP contribution in [0.1, 0.15) is 6.92 Å². The number of hydrogen-bond donors (Lipinski definition) is 6. The zero-order valence-electron chi connectivity index (χ0n) is 16.2. The van der Waals surface area contributed by atoms with E-state index in [0.717, 1.165) is 6.07 Å². The van der Waals surface area contributed by atoms with Crippen LogP contribution >= 0.6 is 0 Å². The van der Waals surface area contributed by atoms with Gasteiger partial charge in [-0.3, -0.25) is 4.79 Å². The minimum Gasteiger partial charge on any atom is -0.508 e. The second-order valence-electron chi connectivity index (χ2n) is 7.32. The van der Waals surface area contributed by atoms with Crippen molar-refractivity contribution in [3.8, 4) is 34.3 Å². The van der Waals surface area contributed by atoms with Crippen LogP contribution in [-0.4, -0.2) is 55.4 Å². The minimum atomic E-state index is -1.59. The standard InChI is InChI=1S/C21H20O10/c1-8-15(24)20(28)31-21(16(8)25)29-11-6-12(23)14-13(7-11)30-19(18(27)17(14)26)9-2-4-10(22)5-3-9/h2-8,15-16,20-25,27-28H,1H3. The Labute approximate surface area is 174 Å². The number of fused-ring (bicyclic) bond motifs is 1. The molecular weight excluding hydrogens is 412 g/mol. The van der Waals surface area contributed by atoms with Gasteiger partial charge in [0.25, 0.3) is 0 Å². The molecule has 4 rings (SSSR count). The second kappa shape index (κ2) is 7.75. The number of rotatable bonds is 3. The van der Waals surface area contributed by atoms with E-state index in [1.807, 2.05) is 0 Å². The minimum absolute atomic E-state index is 0.0210. The molecule has 2 aromatic carbocycles. The maximum atomic E-state index is 12.6. The molecule has 2 heterocycles. The summed E-state index contributed by atoms with van der Waals surface area (Å²) in [6.45, 7) is 1.50. The van der Waals surface area contributed by atoms with Crippen LogP contribution in [0.15, 0.2) is 45.6 Å². The Kier molecular flexibility index (Phi) is 5.23. The molecule has 0 aliphatic carbocycles. The van der Waals surface area contributed by atoms with E-state index in [2.05, 4.69) is 0 Å². The molecule has 0 amide bonds. The van der Waals surface area contributed by atoms with Crippen molar-refractivity contribution in [2.24, 2.45) is 5.92 Å². The van der Waals surface area contributed by atoms with Crippen molar-refractivity contribution in [2.75, 3.05) is 0 Å². The molecule has 164 valence electrons. The van der Waals surface area contributed by atoms with Crippen molar-refractivity contribution in [3.05, 3.63) is 46.6 Å². The zero-order valence-corrected chi connectivity index (χ0v) is 16.2. The van der Waals surface area contributed by atoms with Gasteiger partial charge in [-0.1, -0.05) is 6.92 Å². The summed E-state index contributed by atoms with van der Waals surface area (Å²) in [6, 6.07) is 7.87. The van der Waals surface area contributed by atoms with E-state index in [1.54, 1.807) is 0 Å². The molecule has 3 aromatic rings. The lowest BCUT2D eigenvalue weighted by Gasteiger charge is -2.38. The predicted octanol–water partition coefficient (Wildman–Crippen LogP) is 0.988. The maximum absolute atomic E-state index is 12.6. The number of aliphatic hydroxyl groups excluding tert-OH is 3. The molecule has 1 fully saturated rings. The summed E-state index contributed by atoms with van der Waals surface area (Å²) in [4.78, 5) is 12.6. The molecule has 0 radical (unpaired) electrons. The molecule has 5 atom stereocenters. The predicted molar refractivity (Wildman–Crippen MR) is 106 cm³/mol. The van der Waals surface area contributed by atoms with Gasteiger partial charge in [-0.25, -0.2) is 0 Å². The molecule has 10 nitrogen and oxygen atoms in total. The Bertz CT molecular complexity index is 1170. The first-order valence-corrected chi connectivity index (χ1v) is 9.36. The summed E-state index contributed by atoms with van der Waals surface area (Å²) >= 11 is 0. The lowest BCUT2D eigenvalue weighted by molar-refractivity contribution is -0.308. The number of benzene rings is 2. The molecule has 1 aromatic heterocycles. The Hall–Kier alpha value is -3.31. The Morgan fingerprint density at radius 3 is 2.32 bits per heavy atom. The van der Waals surface area contributed by atoms with Gasteiger partial charge < -0.3 is 44.5 Å². The van der Waals surface area contributed by atoms with Crippen molar-refractivity contribution in [1.82, 2.24) is 0 Å². The SMILES string of the molecule is CC1C(O)C(O)OC(Oc2cc(O)c3c(=O)c(O)c(-c4ccc(O)cc4)oc3c2)C1O. The van der Waals surface area contributed by atoms with Crippen LogP contribution in [0.4, 0.5) is 0 Å². The molecule has 6 N–H and O–H groups in total. The fraction of sp³-hybridized carbons (Fsp3) is 0.286. The number of ether oxygens (including phenoxy) is 2. The number of aliphatic hydroxyl groups is 3. The van der Waals surface area contributed by atoms with Gasteiger partial charge in [-0.15, -0.1) is 0 Å². The van der Waals surface area contributed by atoms with Gasteiger partial charge >= 0.3 is 0 Å². The molecule has 1 saturated heterocycles. The highest BCUT2D eigenvalue weighted by atomic mass is 16.7. The summed E-state index contributed by atoms with van der Waals surface area (Å²) in [6.07, 6.45) is -5.57. The van der Waals surface area contributed by atoms with Gasteiger partial charge in [0.05, 0.1) is 0 Å². The summed E-state index contributed by atoms with van der Waals surface area (Å²) in [5.41, 5.74) is -0.702. The first kappa shape index (κ1) is 20.9. The first-order valence-electron chi connectivity index (χ1n) is 9.36. The summed E-state index contributed by atoms with van der Waals surface area (Å²) in [5.74, 6) is -2.30. The zero-order chi connectivity index (χ0) is 22.4. The number of phenols is 2. The average molecular weight is 432 g/mol. The van der Waals surface area contributed by atoms with Gasteiger partial charge in [-0.05, 0) is 24.3 Å². The molecule has 10 heteroatoms. The van der Waals surface area contributed by atoms with Crippen LogP contribution in [0.2, 0.25) is 0 Å². The first-order chi connectivity index (χ1) is 14.7. The normalized spacial score (nSPS) is 26.1. The second-order valence-corrected chi connectivity index (χ2v) is 7.32. The van der Waals surface area contributed by atoms with Gasteiger partial charge in [-0.2, -0.15) is 0 Å². The average Bonchev–Trinajstić information content (AvgIpc) is 2.73. The molecule has 1 aliphatic rings. The molecule has 1 aliphatic heterocycles. The van der Waals surface area contributed by atoms with Gasteiger partial charge in [0, 0.05) is 23.6 Å². The Morgan fingerprint density at radius 2 is 1.65 bits per heavy atom. The smallest absolute Gasteiger partial charge is 0.238 e. The summed E-state index contributed by atoms with van der Waals surface area (Å²) < 4.78 is 16.2. The highest BCUT2D eigenvalue weighted by Crippen LogP contribution is 2.37. The third-order valence-electron chi connectivity index (χ3n) is 5.23. The van der Waals surface area contributed by atoms with E-state index in [-0.39, 0.29) is 28.2 Å². The van der Waals surface area contributed by atoms with E-state index in [4.69, 9.17) is 13.9 Å². The highest BCUT2D eigenvalue weighted by molar-refractivity contribution is 5.88. The molecule has 5 unspecified atom stereocenters. The highest BCUT2D eigenvalue weighted by Gasteiger charge is 2.42. The lowest BCUT2D eigenvalue weighted by Crippen LogP contribution is -2.55. The number of aromatic hydroxyl groups is 3. The largest absolute Gasteiger partial charge is 0.508 e. The van der Waals surface area contributed by atoms with Crippen LogP contribution in [0.25, 0.3) is 22.3 Å². The van der Waals surface area contributed by atoms with Crippen molar-refractivity contribution >= 4 is 11.0 Å². The Morgan fingerprint density at radius 1 is 0.968 bits per heavy atom. The molecule has 0 saturated carbocycles. The van der Waals surface area contributed by atoms with Crippen LogP contribution in [0.3, 0.4) is 0 Å². The maximum Gasteiger partial charge on any atom is 0.238 e. The van der Waals surface area contributed by atoms with E-state index in [9.17, 15) is 35.4 Å². The summed E-state index contributed by atoms with van der Waals surface area (Å²) in [5, 5.41) is 59.5. The molecule has 0 bridgehead atoms. The van der Waals surface area contributed by atoms with Crippen LogP contribution in [0, 0.1) is 5.92 Å². The number of phenolic OH excluding ortho intramolecular Hbond substituents is 2. The van der Waals surface area contributed by atoms with Gasteiger partial charge in [0.1, 0.15) is 40.4 Å². The van der Waals surface area contributed by atoms with Crippen LogP contribution < -0.4 is 10.2 Å². The van der Waals surface area contributed by atoms with Crippen molar-refractivity contribution in [2.45, 2.75) is 31.7 Å². The molecule has 31 heavy (non-hydrogen) atoms. The lowest BCUT2D eigenvalue weighted by atomic mass is 9.94. The fourth-order valence-corrected chi connectivity index (χ4v) is 3.38.